The Morgan fingerprint density at radius 3 is 2.15 bits per heavy atom. The third-order valence-electron chi connectivity index (χ3n) is 11.2. The normalized spacial score (nSPS) is 23.3. The number of aromatic amines is 1. The van der Waals surface area contributed by atoms with Crippen LogP contribution in [0.5, 0.6) is 0 Å². The van der Waals surface area contributed by atoms with E-state index in [-0.39, 0.29) is 38.5 Å². The summed E-state index contributed by atoms with van der Waals surface area (Å²) in [5.41, 5.74) is 2.15. The van der Waals surface area contributed by atoms with Gasteiger partial charge < -0.3 is 30.4 Å². The molecule has 8 rings (SSSR count). The van der Waals surface area contributed by atoms with Crippen molar-refractivity contribution in [3.63, 3.8) is 0 Å². The molecule has 4 N–H and O–H groups in total. The summed E-state index contributed by atoms with van der Waals surface area (Å²) >= 11 is 0. The highest BCUT2D eigenvalue weighted by Crippen LogP contribution is 2.54. The predicted molar refractivity (Wildman–Crippen MR) is 197 cm³/mol. The summed E-state index contributed by atoms with van der Waals surface area (Å²) in [4.78, 5) is 57.2. The van der Waals surface area contributed by atoms with Gasteiger partial charge in [0.05, 0.1) is 0 Å². The Hall–Kier alpha value is -5.12. The van der Waals surface area contributed by atoms with Crippen molar-refractivity contribution in [2.45, 2.75) is 82.6 Å². The number of aromatic nitrogens is 1. The van der Waals surface area contributed by atoms with Gasteiger partial charge in [0.25, 0.3) is 0 Å². The molecule has 52 heavy (non-hydrogen) atoms. The lowest BCUT2D eigenvalue weighted by molar-refractivity contribution is -0.149. The fourth-order valence-corrected chi connectivity index (χ4v) is 8.91. The van der Waals surface area contributed by atoms with Crippen LogP contribution in [0, 0.1) is 23.7 Å². The summed E-state index contributed by atoms with van der Waals surface area (Å²) in [5.74, 6) is 0.869. The van der Waals surface area contributed by atoms with Crippen molar-refractivity contribution in [1.29, 1.82) is 0 Å². The number of para-hydroxylation sites is 1. The Kier molecular flexibility index (Phi) is 10.6. The summed E-state index contributed by atoms with van der Waals surface area (Å²) in [7, 11) is 0. The maximum absolute atomic E-state index is 14.0. The maximum Gasteiger partial charge on any atom is 0.408 e. The first-order valence-corrected chi connectivity index (χ1v) is 18.6. The van der Waals surface area contributed by atoms with Crippen molar-refractivity contribution in [2.24, 2.45) is 23.7 Å². The lowest BCUT2D eigenvalue weighted by Crippen LogP contribution is -2.60. The van der Waals surface area contributed by atoms with Crippen molar-refractivity contribution in [1.82, 2.24) is 20.9 Å². The molecule has 2 atom stereocenters. The number of H-pyrrole nitrogens is 1. The van der Waals surface area contributed by atoms with E-state index in [0.29, 0.717) is 11.8 Å². The Balaban J connectivity index is 0.989. The Morgan fingerprint density at radius 1 is 0.827 bits per heavy atom. The topological polar surface area (TPSA) is 139 Å². The van der Waals surface area contributed by atoms with Crippen molar-refractivity contribution in [3.05, 3.63) is 108 Å². The van der Waals surface area contributed by atoms with Gasteiger partial charge in [0, 0.05) is 42.9 Å². The first-order valence-electron chi connectivity index (χ1n) is 18.6. The minimum Gasteiger partial charge on any atom is -0.459 e. The lowest BCUT2D eigenvalue weighted by Gasteiger charge is -2.53. The smallest absolute Gasteiger partial charge is 0.408 e. The van der Waals surface area contributed by atoms with Gasteiger partial charge in [-0.2, -0.15) is 0 Å². The van der Waals surface area contributed by atoms with Gasteiger partial charge in [-0.25, -0.2) is 9.59 Å². The van der Waals surface area contributed by atoms with Gasteiger partial charge >= 0.3 is 12.1 Å². The second kappa shape index (κ2) is 15.6. The Morgan fingerprint density at radius 2 is 1.46 bits per heavy atom. The van der Waals surface area contributed by atoms with Crippen LogP contribution in [0.25, 0.3) is 10.9 Å². The molecule has 10 nitrogen and oxygen atoms in total. The molecule has 4 saturated carbocycles. The molecule has 2 unspecified atom stereocenters. The monoisotopic (exact) mass is 704 g/mol. The minimum absolute atomic E-state index is 0.00244. The quantitative estimate of drug-likeness (QED) is 0.119. The van der Waals surface area contributed by atoms with Gasteiger partial charge in [-0.1, -0.05) is 78.9 Å². The molecule has 1 heterocycles. The number of benzene rings is 3. The van der Waals surface area contributed by atoms with Crippen LogP contribution in [0.2, 0.25) is 0 Å². The standard InChI is InChI=1S/C42H48N4O6/c1-42(24-33-25-44-35-15-9-8-14-34(33)35,46-41(50)52-38-31-19-29-18-30(21-31)22-32(38)20-29)40(49)43-17-16-37(47)45-36(23-27-10-4-2-5-11-27)39(48)51-26-28-12-6-3-7-13-28/h2-15,25,29-32,36,38,44H,16-24,26H2,1H3,(H,43,49)(H,45,47)(H,46,50). The molecule has 0 saturated heterocycles. The summed E-state index contributed by atoms with van der Waals surface area (Å²) in [6.07, 6.45) is 7.26. The maximum atomic E-state index is 14.0. The SMILES string of the molecule is CC(Cc1c[nH]c2ccccc12)(NC(=O)OC1C2CC3CC(C2)CC1C3)C(=O)NCCC(=O)NC(Cc1ccccc1)C(=O)OCc1ccccc1. The van der Waals surface area contributed by atoms with Crippen molar-refractivity contribution >= 4 is 34.8 Å². The molecule has 3 amide bonds. The number of alkyl carbamates (subject to hydrolysis) is 1. The van der Waals surface area contributed by atoms with E-state index in [1.54, 1.807) is 6.92 Å². The van der Waals surface area contributed by atoms with Crippen LogP contribution in [-0.4, -0.2) is 53.1 Å². The summed E-state index contributed by atoms with van der Waals surface area (Å²) in [5, 5.41) is 9.60. The van der Waals surface area contributed by atoms with Crippen LogP contribution < -0.4 is 16.0 Å². The van der Waals surface area contributed by atoms with Crippen LogP contribution in [0.3, 0.4) is 0 Å². The molecular weight excluding hydrogens is 656 g/mol. The van der Waals surface area contributed by atoms with Crippen molar-refractivity contribution < 1.29 is 28.7 Å². The molecule has 0 spiro atoms. The van der Waals surface area contributed by atoms with Gasteiger partial charge in [0.1, 0.15) is 24.3 Å². The number of ether oxygens (including phenoxy) is 2. The van der Waals surface area contributed by atoms with Crippen LogP contribution in [0.1, 0.15) is 62.1 Å². The number of amides is 3. The second-order valence-corrected chi connectivity index (χ2v) is 15.2. The highest BCUT2D eigenvalue weighted by Gasteiger charge is 2.50. The molecule has 10 heteroatoms. The average molecular weight is 705 g/mol. The molecule has 4 aromatic rings. The number of esters is 1. The Bertz CT molecular complexity index is 1850. The number of carbonyl (C=O) groups is 4. The summed E-state index contributed by atoms with van der Waals surface area (Å²) in [6.45, 7) is 1.78. The van der Waals surface area contributed by atoms with Gasteiger partial charge in [-0.05, 0) is 85.5 Å². The van der Waals surface area contributed by atoms with Crippen molar-refractivity contribution in [3.8, 4) is 0 Å². The fourth-order valence-electron chi connectivity index (χ4n) is 8.91. The average Bonchev–Trinajstić information content (AvgIpc) is 3.54. The van der Waals surface area contributed by atoms with Gasteiger partial charge in [-0.15, -0.1) is 0 Å². The van der Waals surface area contributed by atoms with Crippen molar-refractivity contribution in [2.75, 3.05) is 6.54 Å². The molecule has 4 aliphatic carbocycles. The van der Waals surface area contributed by atoms with Gasteiger partial charge in [-0.3, -0.25) is 9.59 Å². The van der Waals surface area contributed by atoms with E-state index in [2.05, 4.69) is 20.9 Å². The molecule has 4 aliphatic rings. The van der Waals surface area contributed by atoms with Crippen LogP contribution in [0.4, 0.5) is 4.79 Å². The molecule has 4 bridgehead atoms. The highest BCUT2D eigenvalue weighted by atomic mass is 16.6. The van der Waals surface area contributed by atoms with E-state index in [1.165, 1.54) is 6.42 Å². The number of hydrogen-bond donors (Lipinski definition) is 4. The van der Waals surface area contributed by atoms with E-state index in [9.17, 15) is 19.2 Å². The number of nitrogens with one attached hydrogen (secondary N) is 4. The summed E-state index contributed by atoms with van der Waals surface area (Å²) < 4.78 is 11.7. The van der Waals surface area contributed by atoms with Gasteiger partial charge in [0.2, 0.25) is 11.8 Å². The number of hydrogen-bond acceptors (Lipinski definition) is 6. The molecule has 3 aromatic carbocycles. The predicted octanol–water partition coefficient (Wildman–Crippen LogP) is 6.00. The van der Waals surface area contributed by atoms with E-state index < -0.39 is 35.5 Å². The molecule has 1 aromatic heterocycles. The fraction of sp³-hybridized carbons (Fsp3) is 0.429. The number of fused-ring (bicyclic) bond motifs is 1. The zero-order chi connectivity index (χ0) is 36.1. The van der Waals surface area contributed by atoms with Crippen LogP contribution in [-0.2, 0) is 43.3 Å². The van der Waals surface area contributed by atoms with Crippen LogP contribution in [0.15, 0.2) is 91.1 Å². The molecule has 4 fully saturated rings. The van der Waals surface area contributed by atoms with E-state index in [4.69, 9.17) is 9.47 Å². The Labute approximate surface area is 304 Å². The van der Waals surface area contributed by atoms with E-state index >= 15 is 0 Å². The zero-order valence-corrected chi connectivity index (χ0v) is 29.6. The molecule has 272 valence electrons. The third kappa shape index (κ3) is 8.33. The summed E-state index contributed by atoms with van der Waals surface area (Å²) in [6, 6.07) is 25.7. The third-order valence-corrected chi connectivity index (χ3v) is 11.2. The molecule has 0 aliphatic heterocycles. The van der Waals surface area contributed by atoms with E-state index in [0.717, 1.165) is 65.1 Å². The molecule has 0 radical (unpaired) electrons. The second-order valence-electron chi connectivity index (χ2n) is 15.2. The van der Waals surface area contributed by atoms with E-state index in [1.807, 2.05) is 91.1 Å². The molecular formula is C42H48N4O6. The highest BCUT2D eigenvalue weighted by molar-refractivity contribution is 5.92. The largest absolute Gasteiger partial charge is 0.459 e. The number of rotatable bonds is 14. The van der Waals surface area contributed by atoms with Crippen LogP contribution >= 0.6 is 0 Å². The number of carbonyl (C=O) groups excluding carboxylic acids is 4. The first kappa shape index (κ1) is 35.3. The first-order chi connectivity index (χ1) is 25.2. The zero-order valence-electron chi connectivity index (χ0n) is 29.6. The lowest BCUT2D eigenvalue weighted by atomic mass is 9.55. The van der Waals surface area contributed by atoms with Gasteiger partial charge in [0.15, 0.2) is 0 Å². The minimum atomic E-state index is -1.37.